The monoisotopic (exact) mass is 285 g/mol. The van der Waals surface area contributed by atoms with Gasteiger partial charge in [-0.3, -0.25) is 0 Å². The summed E-state index contributed by atoms with van der Waals surface area (Å²) < 4.78 is 31.8. The first-order chi connectivity index (χ1) is 8.82. The lowest BCUT2D eigenvalue weighted by atomic mass is 10.1. The zero-order valence-electron chi connectivity index (χ0n) is 11.1. The van der Waals surface area contributed by atoms with Gasteiger partial charge in [-0.1, -0.05) is 6.07 Å². The van der Waals surface area contributed by atoms with Gasteiger partial charge in [0, 0.05) is 19.6 Å². The maximum Gasteiger partial charge on any atom is 0.240 e. The molecular weight excluding hydrogens is 266 g/mol. The van der Waals surface area contributed by atoms with Crippen LogP contribution in [0.3, 0.4) is 0 Å². The maximum atomic E-state index is 12.1. The van der Waals surface area contributed by atoms with Gasteiger partial charge in [0.2, 0.25) is 10.0 Å². The molecule has 0 radical (unpaired) electrons. The van der Waals surface area contributed by atoms with Gasteiger partial charge in [-0.05, 0) is 37.1 Å². The summed E-state index contributed by atoms with van der Waals surface area (Å²) in [5.74, 6) is 0. The van der Waals surface area contributed by atoms with E-state index in [0.29, 0.717) is 13.0 Å². The zero-order chi connectivity index (χ0) is 14.1. The first-order valence-corrected chi connectivity index (χ1v) is 7.68. The van der Waals surface area contributed by atoms with E-state index < -0.39 is 15.6 Å². The number of aryl methyl sites for hydroxylation is 2. The van der Waals surface area contributed by atoms with Crippen LogP contribution in [0, 0.1) is 13.8 Å². The molecule has 1 aliphatic rings. The third kappa shape index (κ3) is 3.33. The van der Waals surface area contributed by atoms with E-state index >= 15 is 0 Å². The van der Waals surface area contributed by atoms with Crippen LogP contribution in [-0.4, -0.2) is 38.9 Å². The van der Waals surface area contributed by atoms with Crippen molar-refractivity contribution < 1.29 is 18.3 Å². The molecular formula is C13H19NO4S. The topological polar surface area (TPSA) is 75.6 Å². The van der Waals surface area contributed by atoms with Gasteiger partial charge in [-0.15, -0.1) is 0 Å². The number of sulfonamides is 1. The standard InChI is InChI=1S/C13H19NO4S/c1-10-3-4-12(7-11(10)2)19(16,17)14-8-13(15)5-6-18-9-13/h3-4,7,14-15H,5-6,8-9H2,1-2H3/t13-/m0/s1. The first-order valence-electron chi connectivity index (χ1n) is 6.19. The van der Waals surface area contributed by atoms with Crippen molar-refractivity contribution in [1.82, 2.24) is 4.72 Å². The minimum absolute atomic E-state index is 0.0255. The van der Waals surface area contributed by atoms with Crippen molar-refractivity contribution in [3.05, 3.63) is 29.3 Å². The molecule has 19 heavy (non-hydrogen) atoms. The summed E-state index contributed by atoms with van der Waals surface area (Å²) in [6.07, 6.45) is 0.447. The number of ether oxygens (including phenoxy) is 1. The third-order valence-corrected chi connectivity index (χ3v) is 4.86. The van der Waals surface area contributed by atoms with Gasteiger partial charge >= 0.3 is 0 Å². The number of rotatable bonds is 4. The van der Waals surface area contributed by atoms with Crippen LogP contribution < -0.4 is 4.72 Å². The van der Waals surface area contributed by atoms with Gasteiger partial charge in [0.15, 0.2) is 0 Å². The Hall–Kier alpha value is -0.950. The lowest BCUT2D eigenvalue weighted by Gasteiger charge is -2.20. The summed E-state index contributed by atoms with van der Waals surface area (Å²) in [6.45, 7) is 4.40. The number of hydrogen-bond donors (Lipinski definition) is 2. The first kappa shape index (κ1) is 14.5. The zero-order valence-corrected chi connectivity index (χ0v) is 12.0. The molecule has 1 aliphatic heterocycles. The second kappa shape index (κ2) is 5.20. The fourth-order valence-corrected chi connectivity index (χ4v) is 3.13. The Labute approximate surface area is 113 Å². The summed E-state index contributed by atoms with van der Waals surface area (Å²) in [6, 6.07) is 4.98. The van der Waals surface area contributed by atoms with Crippen molar-refractivity contribution in [1.29, 1.82) is 0 Å². The second-order valence-electron chi connectivity index (χ2n) is 5.10. The Morgan fingerprint density at radius 2 is 2.11 bits per heavy atom. The molecule has 106 valence electrons. The lowest BCUT2D eigenvalue weighted by Crippen LogP contribution is -2.43. The van der Waals surface area contributed by atoms with Gasteiger partial charge in [-0.25, -0.2) is 13.1 Å². The summed E-state index contributed by atoms with van der Waals surface area (Å²) in [5.41, 5.74) is 0.875. The van der Waals surface area contributed by atoms with Crippen LogP contribution in [0.4, 0.5) is 0 Å². The molecule has 0 aromatic heterocycles. The highest BCUT2D eigenvalue weighted by Crippen LogP contribution is 2.19. The van der Waals surface area contributed by atoms with E-state index in [2.05, 4.69) is 4.72 Å². The molecule has 1 atom stereocenters. The van der Waals surface area contributed by atoms with Crippen molar-refractivity contribution in [2.24, 2.45) is 0 Å². The van der Waals surface area contributed by atoms with E-state index in [0.717, 1.165) is 11.1 Å². The van der Waals surface area contributed by atoms with Crippen LogP contribution in [0.15, 0.2) is 23.1 Å². The SMILES string of the molecule is Cc1ccc(S(=O)(=O)NC[C@@]2(O)CCOC2)cc1C. The maximum absolute atomic E-state index is 12.1. The van der Waals surface area contributed by atoms with Crippen molar-refractivity contribution in [2.75, 3.05) is 19.8 Å². The van der Waals surface area contributed by atoms with Gasteiger partial charge in [0.05, 0.1) is 11.5 Å². The van der Waals surface area contributed by atoms with Crippen molar-refractivity contribution in [3.8, 4) is 0 Å². The predicted molar refractivity (Wildman–Crippen MR) is 71.5 cm³/mol. The van der Waals surface area contributed by atoms with Gasteiger partial charge < -0.3 is 9.84 Å². The highest BCUT2D eigenvalue weighted by molar-refractivity contribution is 7.89. The van der Waals surface area contributed by atoms with E-state index in [4.69, 9.17) is 4.74 Å². The molecule has 1 heterocycles. The van der Waals surface area contributed by atoms with E-state index in [1.165, 1.54) is 0 Å². The fourth-order valence-electron chi connectivity index (χ4n) is 1.93. The second-order valence-corrected chi connectivity index (χ2v) is 6.86. The van der Waals surface area contributed by atoms with E-state index in [9.17, 15) is 13.5 Å². The predicted octanol–water partition coefficient (Wildman–Crippen LogP) is 0.733. The Bertz CT molecular complexity index is 562. The van der Waals surface area contributed by atoms with Crippen LogP contribution in [-0.2, 0) is 14.8 Å². The average molecular weight is 285 g/mol. The summed E-state index contributed by atoms with van der Waals surface area (Å²) in [4.78, 5) is 0.220. The van der Waals surface area contributed by atoms with Gasteiger partial charge in [0.25, 0.3) is 0 Å². The quantitative estimate of drug-likeness (QED) is 0.855. The molecule has 0 aliphatic carbocycles. The van der Waals surface area contributed by atoms with Crippen molar-refractivity contribution in [2.45, 2.75) is 30.8 Å². The molecule has 0 bridgehead atoms. The number of nitrogens with one attached hydrogen (secondary N) is 1. The molecule has 2 rings (SSSR count). The van der Waals surface area contributed by atoms with Crippen LogP contribution in [0.5, 0.6) is 0 Å². The van der Waals surface area contributed by atoms with E-state index in [1.54, 1.807) is 18.2 Å². The van der Waals surface area contributed by atoms with E-state index in [1.807, 2.05) is 13.8 Å². The molecule has 0 saturated carbocycles. The third-order valence-electron chi connectivity index (χ3n) is 3.46. The molecule has 5 nitrogen and oxygen atoms in total. The smallest absolute Gasteiger partial charge is 0.240 e. The number of hydrogen-bond acceptors (Lipinski definition) is 4. The molecule has 1 fully saturated rings. The largest absolute Gasteiger partial charge is 0.386 e. The minimum Gasteiger partial charge on any atom is -0.386 e. The molecule has 1 saturated heterocycles. The van der Waals surface area contributed by atoms with Gasteiger partial charge in [0.1, 0.15) is 5.60 Å². The molecule has 6 heteroatoms. The molecule has 0 amide bonds. The highest BCUT2D eigenvalue weighted by Gasteiger charge is 2.33. The van der Waals surface area contributed by atoms with Crippen LogP contribution in [0.2, 0.25) is 0 Å². The molecule has 1 aromatic rings. The Morgan fingerprint density at radius 3 is 2.68 bits per heavy atom. The summed E-state index contributed by atoms with van der Waals surface area (Å²) in [5, 5.41) is 10.0. The van der Waals surface area contributed by atoms with Gasteiger partial charge in [-0.2, -0.15) is 0 Å². The van der Waals surface area contributed by atoms with E-state index in [-0.39, 0.29) is 18.0 Å². The Morgan fingerprint density at radius 1 is 1.37 bits per heavy atom. The van der Waals surface area contributed by atoms with Crippen molar-refractivity contribution in [3.63, 3.8) is 0 Å². The molecule has 2 N–H and O–H groups in total. The number of aliphatic hydroxyl groups is 1. The molecule has 0 unspecified atom stereocenters. The molecule has 1 aromatic carbocycles. The minimum atomic E-state index is -3.59. The van der Waals surface area contributed by atoms with Crippen LogP contribution in [0.25, 0.3) is 0 Å². The lowest BCUT2D eigenvalue weighted by molar-refractivity contribution is 0.0314. The normalized spacial score (nSPS) is 23.7. The van der Waals surface area contributed by atoms with Crippen LogP contribution in [0.1, 0.15) is 17.5 Å². The number of benzene rings is 1. The summed E-state index contributed by atoms with van der Waals surface area (Å²) in [7, 11) is -3.59. The van der Waals surface area contributed by atoms with Crippen molar-refractivity contribution >= 4 is 10.0 Å². The highest BCUT2D eigenvalue weighted by atomic mass is 32.2. The Kier molecular flexibility index (Phi) is 3.96. The Balaban J connectivity index is 2.11. The fraction of sp³-hybridized carbons (Fsp3) is 0.538. The molecule has 0 spiro atoms. The average Bonchev–Trinajstić information content (AvgIpc) is 2.78. The van der Waals surface area contributed by atoms with Crippen LogP contribution >= 0.6 is 0 Å². The summed E-state index contributed by atoms with van der Waals surface area (Å²) >= 11 is 0.